The molecule has 0 saturated carbocycles. The summed E-state index contributed by atoms with van der Waals surface area (Å²) in [5.41, 5.74) is 2.49. The van der Waals surface area contributed by atoms with Gasteiger partial charge in [0.2, 0.25) is 17.7 Å². The zero-order valence-corrected chi connectivity index (χ0v) is 19.2. The van der Waals surface area contributed by atoms with Gasteiger partial charge in [-0.15, -0.1) is 5.10 Å². The first-order valence-electron chi connectivity index (χ1n) is 11.3. The van der Waals surface area contributed by atoms with Crippen molar-refractivity contribution in [2.45, 2.75) is 31.7 Å². The molecular formula is C24H22F4N6O2. The number of anilines is 1. The number of carbonyl (C=O) groups excluding carboxylic acids is 1. The molecule has 8 nitrogen and oxygen atoms in total. The van der Waals surface area contributed by atoms with Crippen molar-refractivity contribution in [2.24, 2.45) is 0 Å². The molecule has 4 aromatic rings. The summed E-state index contributed by atoms with van der Waals surface area (Å²) in [6, 6.07) is 9.63. The summed E-state index contributed by atoms with van der Waals surface area (Å²) in [6.45, 7) is -0.278. The third-order valence-corrected chi connectivity index (χ3v) is 6.09. The van der Waals surface area contributed by atoms with E-state index in [0.717, 1.165) is 21.4 Å². The molecule has 188 valence electrons. The van der Waals surface area contributed by atoms with E-state index in [-0.39, 0.29) is 24.8 Å². The summed E-state index contributed by atoms with van der Waals surface area (Å²) in [6.07, 6.45) is 0.462. The minimum Gasteiger partial charge on any atom is -0.470 e. The molecule has 12 heteroatoms. The number of amides is 1. The van der Waals surface area contributed by atoms with E-state index < -0.39 is 37.4 Å². The number of rotatable bonds is 6. The predicted molar refractivity (Wildman–Crippen MR) is 124 cm³/mol. The Bertz CT molecular complexity index is 1430. The lowest BCUT2D eigenvalue weighted by atomic mass is 10.0. The Balaban J connectivity index is 1.52. The molecule has 5 rings (SSSR count). The van der Waals surface area contributed by atoms with Gasteiger partial charge in [0.1, 0.15) is 5.52 Å². The van der Waals surface area contributed by atoms with Gasteiger partial charge in [-0.25, -0.2) is 22.1 Å². The highest BCUT2D eigenvalue weighted by Gasteiger charge is 2.45. The van der Waals surface area contributed by atoms with E-state index in [1.54, 1.807) is 24.5 Å². The van der Waals surface area contributed by atoms with E-state index in [9.17, 15) is 22.4 Å². The second-order valence-electron chi connectivity index (χ2n) is 8.56. The molecule has 1 N–H and O–H groups in total. The number of hydrogen-bond acceptors (Lipinski definition) is 6. The Morgan fingerprint density at radius 1 is 1.28 bits per heavy atom. The maximum absolute atomic E-state index is 14.7. The average molecular weight is 502 g/mol. The molecule has 36 heavy (non-hydrogen) atoms. The van der Waals surface area contributed by atoms with Crippen molar-refractivity contribution in [3.05, 3.63) is 48.8 Å². The number of fused-ring (bicyclic) bond motifs is 2. The molecule has 1 atom stereocenters. The van der Waals surface area contributed by atoms with Gasteiger partial charge < -0.3 is 15.0 Å². The fraction of sp³-hybridized carbons (Fsp3) is 0.333. The van der Waals surface area contributed by atoms with Crippen LogP contribution in [0.25, 0.3) is 27.5 Å². The highest BCUT2D eigenvalue weighted by Crippen LogP contribution is 2.34. The van der Waals surface area contributed by atoms with E-state index >= 15 is 0 Å². The number of aromatic nitrogens is 4. The summed E-state index contributed by atoms with van der Waals surface area (Å²) in [7, 11) is 0. The average Bonchev–Trinajstić information content (AvgIpc) is 3.27. The third kappa shape index (κ3) is 4.62. The molecule has 1 aliphatic rings. The Hall–Kier alpha value is -3.96. The number of benzene rings is 1. The van der Waals surface area contributed by atoms with Crippen LogP contribution in [0.3, 0.4) is 0 Å². The molecule has 1 fully saturated rings. The van der Waals surface area contributed by atoms with Crippen LogP contribution in [0.5, 0.6) is 5.88 Å². The van der Waals surface area contributed by atoms with Crippen LogP contribution in [0.4, 0.5) is 23.5 Å². The molecule has 0 spiro atoms. The Kier molecular flexibility index (Phi) is 6.10. The molecule has 0 radical (unpaired) electrons. The number of carbonyl (C=O) groups is 1. The first kappa shape index (κ1) is 23.8. The van der Waals surface area contributed by atoms with E-state index in [1.165, 1.54) is 11.4 Å². The molecule has 0 bridgehead atoms. The molecule has 4 heterocycles. The second kappa shape index (κ2) is 9.25. The Morgan fingerprint density at radius 3 is 2.86 bits per heavy atom. The van der Waals surface area contributed by atoms with Crippen molar-refractivity contribution >= 4 is 28.3 Å². The second-order valence-corrected chi connectivity index (χ2v) is 8.56. The molecule has 1 amide bonds. The van der Waals surface area contributed by atoms with Crippen LogP contribution in [0, 0.1) is 0 Å². The van der Waals surface area contributed by atoms with Gasteiger partial charge in [0.05, 0.1) is 18.1 Å². The largest absolute Gasteiger partial charge is 0.470 e. The minimum absolute atomic E-state index is 0.0384. The van der Waals surface area contributed by atoms with Crippen molar-refractivity contribution in [3.8, 4) is 17.0 Å². The SMILES string of the molecule is CC(=O)N1CC[C@@H](Nc2nc(OCC(F)F)c3c(-c4ccc5ncccc5c4)ccn3n2)C(F)(F)C1. The number of ether oxygens (including phenoxy) is 1. The fourth-order valence-electron chi connectivity index (χ4n) is 4.31. The van der Waals surface area contributed by atoms with Gasteiger partial charge in [-0.2, -0.15) is 4.98 Å². The van der Waals surface area contributed by atoms with E-state index in [4.69, 9.17) is 4.74 Å². The topological polar surface area (TPSA) is 84.7 Å². The lowest BCUT2D eigenvalue weighted by Crippen LogP contribution is -2.55. The number of piperidine rings is 1. The normalized spacial score (nSPS) is 17.6. The smallest absolute Gasteiger partial charge is 0.285 e. The maximum Gasteiger partial charge on any atom is 0.285 e. The summed E-state index contributed by atoms with van der Waals surface area (Å²) in [4.78, 5) is 21.1. The van der Waals surface area contributed by atoms with E-state index in [0.29, 0.717) is 11.1 Å². The van der Waals surface area contributed by atoms with Crippen LogP contribution in [0.1, 0.15) is 13.3 Å². The summed E-state index contributed by atoms with van der Waals surface area (Å²) >= 11 is 0. The first-order chi connectivity index (χ1) is 17.2. The van der Waals surface area contributed by atoms with Crippen molar-refractivity contribution in [3.63, 3.8) is 0 Å². The van der Waals surface area contributed by atoms with Gasteiger partial charge in [0.25, 0.3) is 12.3 Å². The number of pyridine rings is 1. The number of likely N-dealkylation sites (tertiary alicyclic amines) is 1. The molecule has 0 aliphatic carbocycles. The molecule has 0 unspecified atom stereocenters. The lowest BCUT2D eigenvalue weighted by Gasteiger charge is -2.38. The van der Waals surface area contributed by atoms with Crippen LogP contribution < -0.4 is 10.1 Å². The minimum atomic E-state index is -3.24. The molecule has 1 aromatic carbocycles. The highest BCUT2D eigenvalue weighted by atomic mass is 19.3. The number of nitrogens with one attached hydrogen (secondary N) is 1. The maximum atomic E-state index is 14.7. The van der Waals surface area contributed by atoms with Crippen molar-refractivity contribution in [1.82, 2.24) is 24.5 Å². The summed E-state index contributed by atoms with van der Waals surface area (Å²) < 4.78 is 62.1. The number of halogens is 4. The van der Waals surface area contributed by atoms with Crippen molar-refractivity contribution < 1.29 is 27.1 Å². The Labute approximate surface area is 202 Å². The quantitative estimate of drug-likeness (QED) is 0.397. The van der Waals surface area contributed by atoms with Gasteiger partial charge in [-0.3, -0.25) is 9.78 Å². The van der Waals surface area contributed by atoms with Crippen LogP contribution in [0.15, 0.2) is 48.8 Å². The third-order valence-electron chi connectivity index (χ3n) is 6.09. The highest BCUT2D eigenvalue weighted by molar-refractivity contribution is 5.90. The van der Waals surface area contributed by atoms with Crippen LogP contribution in [-0.2, 0) is 4.79 Å². The van der Waals surface area contributed by atoms with Crippen molar-refractivity contribution in [2.75, 3.05) is 25.0 Å². The number of alkyl halides is 4. The van der Waals surface area contributed by atoms with E-state index in [2.05, 4.69) is 20.4 Å². The molecule has 1 aliphatic heterocycles. The van der Waals surface area contributed by atoms with Gasteiger partial charge in [0, 0.05) is 36.8 Å². The van der Waals surface area contributed by atoms with Crippen LogP contribution >= 0.6 is 0 Å². The number of nitrogens with zero attached hydrogens (tertiary/aromatic N) is 5. The Morgan fingerprint density at radius 2 is 2.11 bits per heavy atom. The van der Waals surface area contributed by atoms with Crippen LogP contribution in [-0.4, -0.2) is 68.5 Å². The predicted octanol–water partition coefficient (Wildman–Crippen LogP) is 4.26. The van der Waals surface area contributed by atoms with Crippen LogP contribution in [0.2, 0.25) is 0 Å². The zero-order valence-electron chi connectivity index (χ0n) is 19.2. The summed E-state index contributed by atoms with van der Waals surface area (Å²) in [5, 5.41) is 7.78. The van der Waals surface area contributed by atoms with E-state index in [1.807, 2.05) is 24.3 Å². The van der Waals surface area contributed by atoms with Gasteiger partial charge in [0.15, 0.2) is 6.61 Å². The monoisotopic (exact) mass is 502 g/mol. The first-order valence-corrected chi connectivity index (χ1v) is 11.3. The van der Waals surface area contributed by atoms with Gasteiger partial charge in [-0.1, -0.05) is 12.1 Å². The standard InChI is InChI=1S/C24H22F4N6O2/c1-14(35)33-9-7-19(24(27,28)13-33)30-23-31-22(36-12-20(25)26)21-17(6-10-34(21)32-23)15-4-5-18-16(11-15)3-2-8-29-18/h2-6,8,10-11,19-20H,7,9,12-13H2,1H3,(H,30,32)/t19-/m1/s1. The van der Waals surface area contributed by atoms with Gasteiger partial charge >= 0.3 is 0 Å². The zero-order chi connectivity index (χ0) is 25.4. The van der Waals surface area contributed by atoms with Gasteiger partial charge in [-0.05, 0) is 36.2 Å². The molecule has 1 saturated heterocycles. The van der Waals surface area contributed by atoms with Crippen molar-refractivity contribution in [1.29, 1.82) is 0 Å². The lowest BCUT2D eigenvalue weighted by molar-refractivity contribution is -0.140. The fourth-order valence-corrected chi connectivity index (χ4v) is 4.31. The molecule has 3 aromatic heterocycles. The summed E-state index contributed by atoms with van der Waals surface area (Å²) in [5.74, 6) is -4.04. The molecular weight excluding hydrogens is 480 g/mol. The number of hydrogen-bond donors (Lipinski definition) is 1.